The van der Waals surface area contributed by atoms with Gasteiger partial charge in [-0.3, -0.25) is 0 Å². The summed E-state index contributed by atoms with van der Waals surface area (Å²) in [6.07, 6.45) is 7.67. The molecule has 1 aromatic carbocycles. The Morgan fingerprint density at radius 3 is 2.52 bits per heavy atom. The van der Waals surface area contributed by atoms with Gasteiger partial charge in [-0.05, 0) is 50.1 Å². The van der Waals surface area contributed by atoms with Gasteiger partial charge in [0.15, 0.2) is 0 Å². The highest BCUT2D eigenvalue weighted by Gasteiger charge is 2.38. The highest BCUT2D eigenvalue weighted by molar-refractivity contribution is 6.31. The Labute approximate surface area is 132 Å². The third kappa shape index (κ3) is 3.97. The monoisotopic (exact) mass is 313 g/mol. The van der Waals surface area contributed by atoms with E-state index in [1.54, 1.807) is 13.2 Å². The van der Waals surface area contributed by atoms with Crippen LogP contribution in [0.3, 0.4) is 0 Å². The number of methoxy groups -OCH3 is 1. The lowest BCUT2D eigenvalue weighted by Crippen LogP contribution is -2.52. The molecule has 2 nitrogen and oxygen atoms in total. The predicted molar refractivity (Wildman–Crippen MR) is 85.4 cm³/mol. The summed E-state index contributed by atoms with van der Waals surface area (Å²) >= 11 is 6.22. The Kier molecular flexibility index (Phi) is 6.03. The molecule has 0 aromatic heterocycles. The van der Waals surface area contributed by atoms with E-state index in [9.17, 15) is 4.39 Å². The molecule has 1 N–H and O–H groups in total. The van der Waals surface area contributed by atoms with E-state index in [2.05, 4.69) is 5.32 Å². The molecule has 1 fully saturated rings. The van der Waals surface area contributed by atoms with Crippen molar-refractivity contribution in [2.75, 3.05) is 14.2 Å². The van der Waals surface area contributed by atoms with E-state index in [0.717, 1.165) is 18.4 Å². The van der Waals surface area contributed by atoms with Crippen molar-refractivity contribution < 1.29 is 9.13 Å². The Hall–Kier alpha value is -0.640. The van der Waals surface area contributed by atoms with Gasteiger partial charge in [0, 0.05) is 18.2 Å². The van der Waals surface area contributed by atoms with E-state index in [1.165, 1.54) is 37.8 Å². The first-order valence-electron chi connectivity index (χ1n) is 7.77. The van der Waals surface area contributed by atoms with Crippen LogP contribution >= 0.6 is 11.6 Å². The van der Waals surface area contributed by atoms with Gasteiger partial charge in [-0.25, -0.2) is 4.39 Å². The maximum Gasteiger partial charge on any atom is 0.123 e. The molecule has 1 aliphatic rings. The number of likely N-dealkylation sites (N-methyl/N-ethyl adjacent to an activating group) is 1. The minimum atomic E-state index is -0.239. The van der Waals surface area contributed by atoms with Crippen LogP contribution in [0, 0.1) is 5.82 Å². The van der Waals surface area contributed by atoms with Crippen LogP contribution in [0.15, 0.2) is 18.2 Å². The highest BCUT2D eigenvalue weighted by atomic mass is 35.5. The second kappa shape index (κ2) is 7.57. The number of ether oxygens (including phenoxy) is 1. The molecule has 0 spiro atoms. The van der Waals surface area contributed by atoms with Crippen LogP contribution in [0.25, 0.3) is 0 Å². The molecule has 1 aromatic rings. The minimum absolute atomic E-state index is 0.139. The third-order valence-corrected chi connectivity index (χ3v) is 5.14. The van der Waals surface area contributed by atoms with Crippen molar-refractivity contribution in [1.29, 1.82) is 0 Å². The Balaban J connectivity index is 2.22. The van der Waals surface area contributed by atoms with E-state index in [1.807, 2.05) is 7.05 Å². The smallest absolute Gasteiger partial charge is 0.123 e. The average Bonchev–Trinajstić information content (AvgIpc) is 2.74. The summed E-state index contributed by atoms with van der Waals surface area (Å²) in [4.78, 5) is 0. The lowest BCUT2D eigenvalue weighted by molar-refractivity contribution is -0.0509. The number of benzene rings is 1. The van der Waals surface area contributed by atoms with Gasteiger partial charge in [0.05, 0.1) is 5.60 Å². The SMILES string of the molecule is CNC(Cc1cc(F)ccc1Cl)C1(OC)CCCCCC1. The summed E-state index contributed by atoms with van der Waals surface area (Å²) in [5.41, 5.74) is 0.664. The summed E-state index contributed by atoms with van der Waals surface area (Å²) in [6, 6.07) is 4.70. The average molecular weight is 314 g/mol. The minimum Gasteiger partial charge on any atom is -0.377 e. The standard InChI is InChI=1S/C17H25ClFNO/c1-20-16(12-13-11-14(19)7-8-15(13)18)17(21-2)9-5-3-4-6-10-17/h7-8,11,16,20H,3-6,9-10,12H2,1-2H3. The highest BCUT2D eigenvalue weighted by Crippen LogP contribution is 2.35. The van der Waals surface area contributed by atoms with E-state index >= 15 is 0 Å². The van der Waals surface area contributed by atoms with Crippen LogP contribution in [0.4, 0.5) is 4.39 Å². The predicted octanol–water partition coefficient (Wildman–Crippen LogP) is 4.35. The second-order valence-corrected chi connectivity index (χ2v) is 6.37. The van der Waals surface area contributed by atoms with Gasteiger partial charge in [-0.1, -0.05) is 37.3 Å². The lowest BCUT2D eigenvalue weighted by atomic mass is 9.82. The molecule has 0 bridgehead atoms. The van der Waals surface area contributed by atoms with Crippen LogP contribution in [-0.2, 0) is 11.2 Å². The molecular weight excluding hydrogens is 289 g/mol. The van der Waals surface area contributed by atoms with Gasteiger partial charge in [0.2, 0.25) is 0 Å². The molecule has 0 radical (unpaired) electrons. The number of halogens is 2. The van der Waals surface area contributed by atoms with Crippen molar-refractivity contribution in [3.8, 4) is 0 Å². The maximum absolute atomic E-state index is 13.5. The summed E-state index contributed by atoms with van der Waals surface area (Å²) in [5, 5.41) is 4.00. The van der Waals surface area contributed by atoms with Gasteiger partial charge >= 0.3 is 0 Å². The normalized spacial score (nSPS) is 20.0. The fraction of sp³-hybridized carbons (Fsp3) is 0.647. The van der Waals surface area contributed by atoms with Crippen molar-refractivity contribution in [2.24, 2.45) is 0 Å². The fourth-order valence-electron chi connectivity index (χ4n) is 3.49. The van der Waals surface area contributed by atoms with E-state index in [4.69, 9.17) is 16.3 Å². The van der Waals surface area contributed by atoms with Crippen molar-refractivity contribution in [3.05, 3.63) is 34.6 Å². The van der Waals surface area contributed by atoms with Crippen molar-refractivity contribution in [2.45, 2.75) is 56.6 Å². The lowest BCUT2D eigenvalue weighted by Gasteiger charge is -2.39. The molecule has 0 aliphatic heterocycles. The van der Waals surface area contributed by atoms with Crippen molar-refractivity contribution >= 4 is 11.6 Å². The number of rotatable bonds is 5. The van der Waals surface area contributed by atoms with Gasteiger partial charge in [0.1, 0.15) is 5.82 Å². The second-order valence-electron chi connectivity index (χ2n) is 5.96. The first-order valence-corrected chi connectivity index (χ1v) is 8.15. The van der Waals surface area contributed by atoms with Gasteiger partial charge in [-0.15, -0.1) is 0 Å². The Morgan fingerprint density at radius 1 is 1.29 bits per heavy atom. The van der Waals surface area contributed by atoms with E-state index in [-0.39, 0.29) is 17.5 Å². The first kappa shape index (κ1) is 16.7. The van der Waals surface area contributed by atoms with Crippen molar-refractivity contribution in [3.63, 3.8) is 0 Å². The largest absolute Gasteiger partial charge is 0.377 e. The van der Waals surface area contributed by atoms with Crippen LogP contribution in [0.1, 0.15) is 44.1 Å². The number of nitrogens with one attached hydrogen (secondary N) is 1. The first-order chi connectivity index (χ1) is 10.1. The Morgan fingerprint density at radius 2 is 1.95 bits per heavy atom. The molecule has 4 heteroatoms. The summed E-state index contributed by atoms with van der Waals surface area (Å²) in [7, 11) is 3.74. The topological polar surface area (TPSA) is 21.3 Å². The zero-order valence-corrected chi connectivity index (χ0v) is 13.7. The summed E-state index contributed by atoms with van der Waals surface area (Å²) in [6.45, 7) is 0. The van der Waals surface area contributed by atoms with Gasteiger partial charge < -0.3 is 10.1 Å². The molecule has 1 atom stereocenters. The van der Waals surface area contributed by atoms with Crippen molar-refractivity contribution in [1.82, 2.24) is 5.32 Å². The zero-order chi connectivity index (χ0) is 15.3. The fourth-order valence-corrected chi connectivity index (χ4v) is 3.69. The van der Waals surface area contributed by atoms with Crippen LogP contribution in [0.2, 0.25) is 5.02 Å². The molecule has 21 heavy (non-hydrogen) atoms. The molecule has 0 saturated heterocycles. The summed E-state index contributed by atoms with van der Waals surface area (Å²) in [5.74, 6) is -0.239. The van der Waals surface area contributed by atoms with Crippen LogP contribution in [-0.4, -0.2) is 25.8 Å². The molecular formula is C17H25ClFNO. The maximum atomic E-state index is 13.5. The van der Waals surface area contributed by atoms with Gasteiger partial charge in [-0.2, -0.15) is 0 Å². The summed E-state index contributed by atoms with van der Waals surface area (Å²) < 4.78 is 19.4. The molecule has 0 amide bonds. The molecule has 1 saturated carbocycles. The molecule has 1 unspecified atom stereocenters. The Bertz CT molecular complexity index is 458. The quantitative estimate of drug-likeness (QED) is 0.816. The zero-order valence-electron chi connectivity index (χ0n) is 12.9. The van der Waals surface area contributed by atoms with Gasteiger partial charge in [0.25, 0.3) is 0 Å². The van der Waals surface area contributed by atoms with Crippen LogP contribution in [0.5, 0.6) is 0 Å². The van der Waals surface area contributed by atoms with E-state index < -0.39 is 0 Å². The third-order valence-electron chi connectivity index (χ3n) is 4.77. The number of hydrogen-bond acceptors (Lipinski definition) is 2. The molecule has 0 heterocycles. The molecule has 1 aliphatic carbocycles. The molecule has 118 valence electrons. The van der Waals surface area contributed by atoms with Crippen LogP contribution < -0.4 is 5.32 Å². The van der Waals surface area contributed by atoms with E-state index in [0.29, 0.717) is 11.4 Å². The molecule has 2 rings (SSSR count). The number of hydrogen-bond donors (Lipinski definition) is 1.